The van der Waals surface area contributed by atoms with Gasteiger partial charge in [-0.3, -0.25) is 0 Å². The predicted octanol–water partition coefficient (Wildman–Crippen LogP) is 5.70. The van der Waals surface area contributed by atoms with E-state index in [0.29, 0.717) is 16.6 Å². The Morgan fingerprint density at radius 2 is 1.75 bits per heavy atom. The molecule has 20 heavy (non-hydrogen) atoms. The van der Waals surface area contributed by atoms with E-state index >= 15 is 0 Å². The Balaban J connectivity index is 2.44. The maximum absolute atomic E-state index is 13.1. The molecule has 0 N–H and O–H groups in total. The van der Waals surface area contributed by atoms with E-state index < -0.39 is 11.7 Å². The van der Waals surface area contributed by atoms with Crippen molar-refractivity contribution in [2.24, 2.45) is 0 Å². The number of benzene rings is 2. The first kappa shape index (κ1) is 14.9. The van der Waals surface area contributed by atoms with E-state index in [1.807, 2.05) is 0 Å². The van der Waals surface area contributed by atoms with Crippen LogP contribution in [-0.2, 0) is 11.5 Å². The minimum Gasteiger partial charge on any atom is -0.456 e. The standard InChI is InChI=1S/C15H12BrF3O/c1-10-4-2-3-5-13(10)20-14-7-6-11(9-16)8-12(14)15(17,18)19/h2-8H,9H2,1H3. The third-order valence-corrected chi connectivity index (χ3v) is 3.46. The molecule has 0 heterocycles. The van der Waals surface area contributed by atoms with Gasteiger partial charge in [-0.2, -0.15) is 13.2 Å². The lowest BCUT2D eigenvalue weighted by molar-refractivity contribution is -0.138. The van der Waals surface area contributed by atoms with Crippen LogP contribution in [-0.4, -0.2) is 0 Å². The zero-order chi connectivity index (χ0) is 14.8. The highest BCUT2D eigenvalue weighted by atomic mass is 79.9. The van der Waals surface area contributed by atoms with Crippen molar-refractivity contribution >= 4 is 15.9 Å². The van der Waals surface area contributed by atoms with Gasteiger partial charge in [-0.15, -0.1) is 0 Å². The lowest BCUT2D eigenvalue weighted by atomic mass is 10.1. The molecule has 2 rings (SSSR count). The predicted molar refractivity (Wildman–Crippen MR) is 75.3 cm³/mol. The van der Waals surface area contributed by atoms with Crippen molar-refractivity contribution in [2.75, 3.05) is 0 Å². The van der Waals surface area contributed by atoms with Crippen LogP contribution in [0.4, 0.5) is 13.2 Å². The number of rotatable bonds is 3. The summed E-state index contributed by atoms with van der Waals surface area (Å²) in [7, 11) is 0. The van der Waals surface area contributed by atoms with Crippen LogP contribution in [0.2, 0.25) is 0 Å². The second kappa shape index (κ2) is 5.87. The summed E-state index contributed by atoms with van der Waals surface area (Å²) in [6, 6.07) is 11.0. The molecule has 0 bridgehead atoms. The Morgan fingerprint density at radius 1 is 1.05 bits per heavy atom. The first-order chi connectivity index (χ1) is 9.41. The molecule has 0 aliphatic carbocycles. The van der Waals surface area contributed by atoms with Gasteiger partial charge in [0.05, 0.1) is 5.56 Å². The van der Waals surface area contributed by atoms with Crippen LogP contribution in [0.25, 0.3) is 0 Å². The van der Waals surface area contributed by atoms with Crippen molar-refractivity contribution in [1.29, 1.82) is 0 Å². The average Bonchev–Trinajstić information content (AvgIpc) is 2.40. The molecule has 0 unspecified atom stereocenters. The summed E-state index contributed by atoms with van der Waals surface area (Å²) in [5.74, 6) is 0.237. The van der Waals surface area contributed by atoms with Crippen molar-refractivity contribution < 1.29 is 17.9 Å². The van der Waals surface area contributed by atoms with E-state index in [-0.39, 0.29) is 5.75 Å². The third kappa shape index (κ3) is 3.33. The second-order valence-corrected chi connectivity index (χ2v) is 4.89. The van der Waals surface area contributed by atoms with E-state index in [9.17, 15) is 13.2 Å². The Kier molecular flexibility index (Phi) is 4.38. The summed E-state index contributed by atoms with van der Waals surface area (Å²) in [4.78, 5) is 0. The first-order valence-electron chi connectivity index (χ1n) is 5.91. The number of ether oxygens (including phenoxy) is 1. The molecule has 0 amide bonds. The topological polar surface area (TPSA) is 9.23 Å². The van der Waals surface area contributed by atoms with Crippen molar-refractivity contribution in [3.05, 3.63) is 59.2 Å². The summed E-state index contributed by atoms with van der Waals surface area (Å²) in [6.45, 7) is 1.79. The number of alkyl halides is 4. The van der Waals surface area contributed by atoms with E-state index in [0.717, 1.165) is 11.6 Å². The normalized spacial score (nSPS) is 11.4. The minimum absolute atomic E-state index is 0.184. The number of hydrogen-bond acceptors (Lipinski definition) is 1. The Labute approximate surface area is 123 Å². The number of hydrogen-bond donors (Lipinski definition) is 0. The van der Waals surface area contributed by atoms with Gasteiger partial charge in [0.15, 0.2) is 0 Å². The quantitative estimate of drug-likeness (QED) is 0.649. The lowest BCUT2D eigenvalue weighted by Gasteiger charge is -2.15. The van der Waals surface area contributed by atoms with E-state index in [4.69, 9.17) is 4.74 Å². The van der Waals surface area contributed by atoms with Crippen LogP contribution >= 0.6 is 15.9 Å². The van der Waals surface area contributed by atoms with Crippen LogP contribution in [0.15, 0.2) is 42.5 Å². The van der Waals surface area contributed by atoms with Gasteiger partial charge in [-0.05, 0) is 36.2 Å². The largest absolute Gasteiger partial charge is 0.456 e. The van der Waals surface area contributed by atoms with Crippen LogP contribution in [0.5, 0.6) is 11.5 Å². The molecule has 106 valence electrons. The minimum atomic E-state index is -4.45. The fraction of sp³-hybridized carbons (Fsp3) is 0.200. The van der Waals surface area contributed by atoms with Crippen molar-refractivity contribution in [3.63, 3.8) is 0 Å². The summed E-state index contributed by atoms with van der Waals surface area (Å²) >= 11 is 3.15. The van der Waals surface area contributed by atoms with Gasteiger partial charge < -0.3 is 4.74 Å². The van der Waals surface area contributed by atoms with Crippen molar-refractivity contribution in [3.8, 4) is 11.5 Å². The monoisotopic (exact) mass is 344 g/mol. The molecule has 0 aromatic heterocycles. The van der Waals surface area contributed by atoms with Crippen LogP contribution in [0, 0.1) is 6.92 Å². The first-order valence-corrected chi connectivity index (χ1v) is 7.03. The molecule has 0 saturated carbocycles. The highest BCUT2D eigenvalue weighted by Crippen LogP contribution is 2.39. The summed E-state index contributed by atoms with van der Waals surface area (Å²) in [5, 5.41) is 0.362. The molecular weight excluding hydrogens is 333 g/mol. The van der Waals surface area contributed by atoms with Gasteiger partial charge in [0.1, 0.15) is 11.5 Å². The average molecular weight is 345 g/mol. The molecule has 0 spiro atoms. The van der Waals surface area contributed by atoms with Crippen molar-refractivity contribution in [1.82, 2.24) is 0 Å². The fourth-order valence-electron chi connectivity index (χ4n) is 1.76. The Morgan fingerprint density at radius 3 is 2.35 bits per heavy atom. The highest BCUT2D eigenvalue weighted by molar-refractivity contribution is 9.08. The Hall–Kier alpha value is -1.49. The third-order valence-electron chi connectivity index (χ3n) is 2.82. The number of halogens is 4. The molecule has 0 fully saturated rings. The molecule has 1 nitrogen and oxygen atoms in total. The molecule has 2 aromatic carbocycles. The van der Waals surface area contributed by atoms with E-state index in [2.05, 4.69) is 15.9 Å². The zero-order valence-electron chi connectivity index (χ0n) is 10.7. The van der Waals surface area contributed by atoms with Crippen LogP contribution < -0.4 is 4.74 Å². The maximum Gasteiger partial charge on any atom is 0.419 e. The zero-order valence-corrected chi connectivity index (χ0v) is 12.3. The second-order valence-electron chi connectivity index (χ2n) is 4.33. The molecule has 2 aromatic rings. The van der Waals surface area contributed by atoms with E-state index in [1.165, 1.54) is 6.07 Å². The molecule has 0 aliphatic heterocycles. The molecule has 0 atom stereocenters. The smallest absolute Gasteiger partial charge is 0.419 e. The highest BCUT2D eigenvalue weighted by Gasteiger charge is 2.34. The van der Waals surface area contributed by atoms with Crippen LogP contribution in [0.1, 0.15) is 16.7 Å². The number of aryl methyl sites for hydroxylation is 1. The van der Waals surface area contributed by atoms with Gasteiger partial charge in [0.25, 0.3) is 0 Å². The van der Waals surface area contributed by atoms with E-state index in [1.54, 1.807) is 37.3 Å². The summed E-state index contributed by atoms with van der Waals surface area (Å²) in [6.07, 6.45) is -4.45. The summed E-state index contributed by atoms with van der Waals surface area (Å²) in [5.41, 5.74) is 0.567. The van der Waals surface area contributed by atoms with Gasteiger partial charge >= 0.3 is 6.18 Å². The molecule has 0 aliphatic rings. The lowest BCUT2D eigenvalue weighted by Crippen LogP contribution is -2.08. The fourth-order valence-corrected chi connectivity index (χ4v) is 2.11. The molecular formula is C15H12BrF3O. The molecule has 0 radical (unpaired) electrons. The van der Waals surface area contributed by atoms with Crippen LogP contribution in [0.3, 0.4) is 0 Å². The molecule has 5 heteroatoms. The number of para-hydroxylation sites is 1. The van der Waals surface area contributed by atoms with Gasteiger partial charge in [-0.25, -0.2) is 0 Å². The summed E-state index contributed by atoms with van der Waals surface area (Å²) < 4.78 is 44.6. The Bertz CT molecular complexity index is 608. The maximum atomic E-state index is 13.1. The van der Waals surface area contributed by atoms with Gasteiger partial charge in [0, 0.05) is 5.33 Å². The van der Waals surface area contributed by atoms with Gasteiger partial charge in [0.2, 0.25) is 0 Å². The van der Waals surface area contributed by atoms with Crippen molar-refractivity contribution in [2.45, 2.75) is 18.4 Å². The SMILES string of the molecule is Cc1ccccc1Oc1ccc(CBr)cc1C(F)(F)F. The van der Waals surface area contributed by atoms with Gasteiger partial charge in [-0.1, -0.05) is 40.2 Å². The molecule has 0 saturated heterocycles.